The Balaban J connectivity index is 2.24. The molecule has 0 fully saturated rings. The molecule has 3 nitrogen and oxygen atoms in total. The first-order chi connectivity index (χ1) is 11.3. The van der Waals surface area contributed by atoms with E-state index in [2.05, 4.69) is 26.0 Å². The minimum absolute atomic E-state index is 0.0490. The number of hydrogen-bond acceptors (Lipinski definition) is 3. The van der Waals surface area contributed by atoms with Gasteiger partial charge in [-0.3, -0.25) is 0 Å². The molecule has 0 bridgehead atoms. The van der Waals surface area contributed by atoms with Crippen LogP contribution in [0.1, 0.15) is 38.9 Å². The molecule has 0 aliphatic carbocycles. The molecule has 2 unspecified atom stereocenters. The van der Waals surface area contributed by atoms with E-state index in [0.29, 0.717) is 6.61 Å². The van der Waals surface area contributed by atoms with Crippen molar-refractivity contribution in [1.82, 2.24) is 0 Å². The fourth-order valence-corrected chi connectivity index (χ4v) is 2.43. The minimum Gasteiger partial charge on any atom is -0.490 e. The van der Waals surface area contributed by atoms with Gasteiger partial charge in [-0.1, -0.05) is 49.4 Å². The van der Waals surface area contributed by atoms with Gasteiger partial charge in [0.25, 0.3) is 0 Å². The third kappa shape index (κ3) is 5.00. The van der Waals surface area contributed by atoms with E-state index in [0.717, 1.165) is 30.1 Å². The summed E-state index contributed by atoms with van der Waals surface area (Å²) in [7, 11) is 0. The van der Waals surface area contributed by atoms with E-state index in [1.165, 1.54) is 0 Å². The molecule has 0 aliphatic heterocycles. The molecule has 124 valence electrons. The highest BCUT2D eigenvalue weighted by Crippen LogP contribution is 2.33. The quantitative estimate of drug-likeness (QED) is 0.650. The Hall–Kier alpha value is -2.00. The van der Waals surface area contributed by atoms with Gasteiger partial charge in [0.05, 0.1) is 12.7 Å². The zero-order valence-corrected chi connectivity index (χ0v) is 14.2. The number of benzene rings is 2. The predicted octanol–water partition coefficient (Wildman–Crippen LogP) is 5.02. The summed E-state index contributed by atoms with van der Waals surface area (Å²) in [5, 5.41) is 0. The van der Waals surface area contributed by atoms with Crippen LogP contribution in [0.5, 0.6) is 11.5 Å². The SMILES string of the molecule is CCCOC(C)C(Oc1ccccc1OCC)c1ccccc1. The van der Waals surface area contributed by atoms with E-state index in [4.69, 9.17) is 14.2 Å². The van der Waals surface area contributed by atoms with Crippen molar-refractivity contribution in [2.45, 2.75) is 39.4 Å². The molecule has 2 atom stereocenters. The van der Waals surface area contributed by atoms with Crippen molar-refractivity contribution < 1.29 is 14.2 Å². The Morgan fingerprint density at radius 3 is 2.17 bits per heavy atom. The normalized spacial score (nSPS) is 13.3. The number of ether oxygens (including phenoxy) is 3. The summed E-state index contributed by atoms with van der Waals surface area (Å²) in [6, 6.07) is 18.0. The van der Waals surface area contributed by atoms with Crippen molar-refractivity contribution in [3.8, 4) is 11.5 Å². The van der Waals surface area contributed by atoms with Crippen LogP contribution in [0.3, 0.4) is 0 Å². The van der Waals surface area contributed by atoms with Crippen LogP contribution in [-0.4, -0.2) is 19.3 Å². The summed E-state index contributed by atoms with van der Waals surface area (Å²) < 4.78 is 17.9. The Bertz CT molecular complexity index is 568. The summed E-state index contributed by atoms with van der Waals surface area (Å²) in [5.41, 5.74) is 1.10. The molecule has 0 spiro atoms. The molecule has 0 saturated carbocycles. The highest BCUT2D eigenvalue weighted by molar-refractivity contribution is 5.40. The fraction of sp³-hybridized carbons (Fsp3) is 0.400. The average molecular weight is 314 g/mol. The van der Waals surface area contributed by atoms with Crippen LogP contribution in [0, 0.1) is 0 Å². The molecular weight excluding hydrogens is 288 g/mol. The lowest BCUT2D eigenvalue weighted by Crippen LogP contribution is -2.24. The molecule has 0 heterocycles. The Morgan fingerprint density at radius 2 is 1.52 bits per heavy atom. The second-order valence-electron chi connectivity index (χ2n) is 5.40. The van der Waals surface area contributed by atoms with Crippen LogP contribution in [0.15, 0.2) is 54.6 Å². The molecule has 0 amide bonds. The Morgan fingerprint density at radius 1 is 0.870 bits per heavy atom. The molecule has 2 aromatic rings. The number of rotatable bonds is 9. The highest BCUT2D eigenvalue weighted by Gasteiger charge is 2.23. The van der Waals surface area contributed by atoms with Gasteiger partial charge in [-0.15, -0.1) is 0 Å². The van der Waals surface area contributed by atoms with Crippen LogP contribution in [0.25, 0.3) is 0 Å². The lowest BCUT2D eigenvalue weighted by molar-refractivity contribution is -0.0167. The van der Waals surface area contributed by atoms with E-state index < -0.39 is 0 Å². The molecule has 3 heteroatoms. The maximum Gasteiger partial charge on any atom is 0.162 e. The molecule has 0 radical (unpaired) electrons. The average Bonchev–Trinajstić information content (AvgIpc) is 2.60. The third-order valence-corrected chi connectivity index (χ3v) is 3.54. The first-order valence-electron chi connectivity index (χ1n) is 8.31. The minimum atomic E-state index is -0.177. The maximum atomic E-state index is 6.29. The Kier molecular flexibility index (Phi) is 6.95. The van der Waals surface area contributed by atoms with Gasteiger partial charge in [0, 0.05) is 6.61 Å². The molecular formula is C20H26O3. The van der Waals surface area contributed by atoms with Gasteiger partial charge in [-0.2, -0.15) is 0 Å². The van der Waals surface area contributed by atoms with E-state index in [-0.39, 0.29) is 12.2 Å². The summed E-state index contributed by atoms with van der Waals surface area (Å²) >= 11 is 0. The van der Waals surface area contributed by atoms with E-state index in [1.54, 1.807) is 0 Å². The molecule has 0 N–H and O–H groups in total. The van der Waals surface area contributed by atoms with Gasteiger partial charge < -0.3 is 14.2 Å². The van der Waals surface area contributed by atoms with Gasteiger partial charge in [-0.05, 0) is 38.0 Å². The van der Waals surface area contributed by atoms with Gasteiger partial charge in [-0.25, -0.2) is 0 Å². The summed E-state index contributed by atoms with van der Waals surface area (Å²) in [4.78, 5) is 0. The largest absolute Gasteiger partial charge is 0.490 e. The standard InChI is InChI=1S/C20H26O3/c1-4-15-22-16(3)20(17-11-7-6-8-12-17)23-19-14-10-9-13-18(19)21-5-2/h6-14,16,20H,4-5,15H2,1-3H3. The zero-order chi connectivity index (χ0) is 16.5. The molecule has 0 aromatic heterocycles. The van der Waals surface area contributed by atoms with Crippen molar-refractivity contribution in [2.75, 3.05) is 13.2 Å². The van der Waals surface area contributed by atoms with Crippen LogP contribution < -0.4 is 9.47 Å². The Labute approximate surface area is 139 Å². The van der Waals surface area contributed by atoms with Gasteiger partial charge >= 0.3 is 0 Å². The lowest BCUT2D eigenvalue weighted by atomic mass is 10.1. The molecule has 2 rings (SSSR count). The molecule has 23 heavy (non-hydrogen) atoms. The van der Waals surface area contributed by atoms with Crippen LogP contribution in [0.4, 0.5) is 0 Å². The third-order valence-electron chi connectivity index (χ3n) is 3.54. The lowest BCUT2D eigenvalue weighted by Gasteiger charge is -2.26. The smallest absolute Gasteiger partial charge is 0.162 e. The van der Waals surface area contributed by atoms with E-state index in [9.17, 15) is 0 Å². The van der Waals surface area contributed by atoms with Crippen molar-refractivity contribution in [1.29, 1.82) is 0 Å². The predicted molar refractivity (Wildman–Crippen MR) is 93.1 cm³/mol. The molecule has 0 aliphatic rings. The molecule has 0 saturated heterocycles. The summed E-state index contributed by atoms with van der Waals surface area (Å²) in [6.45, 7) is 7.46. The second kappa shape index (κ2) is 9.21. The van der Waals surface area contributed by atoms with Crippen LogP contribution in [0.2, 0.25) is 0 Å². The maximum absolute atomic E-state index is 6.29. The second-order valence-corrected chi connectivity index (χ2v) is 5.40. The van der Waals surface area contributed by atoms with Crippen molar-refractivity contribution in [3.63, 3.8) is 0 Å². The van der Waals surface area contributed by atoms with Gasteiger partial charge in [0.2, 0.25) is 0 Å². The first-order valence-corrected chi connectivity index (χ1v) is 8.31. The molecule has 2 aromatic carbocycles. The van der Waals surface area contributed by atoms with E-state index >= 15 is 0 Å². The van der Waals surface area contributed by atoms with E-state index in [1.807, 2.05) is 49.4 Å². The first kappa shape index (κ1) is 17.4. The van der Waals surface area contributed by atoms with Crippen molar-refractivity contribution in [3.05, 3.63) is 60.2 Å². The highest BCUT2D eigenvalue weighted by atomic mass is 16.6. The topological polar surface area (TPSA) is 27.7 Å². The zero-order valence-electron chi connectivity index (χ0n) is 14.2. The monoisotopic (exact) mass is 314 g/mol. The van der Waals surface area contributed by atoms with Crippen molar-refractivity contribution in [2.24, 2.45) is 0 Å². The van der Waals surface area contributed by atoms with Crippen LogP contribution in [-0.2, 0) is 4.74 Å². The van der Waals surface area contributed by atoms with Gasteiger partial charge in [0.15, 0.2) is 11.5 Å². The summed E-state index contributed by atoms with van der Waals surface area (Å²) in [5.74, 6) is 1.51. The van der Waals surface area contributed by atoms with Crippen molar-refractivity contribution >= 4 is 0 Å². The van der Waals surface area contributed by atoms with Gasteiger partial charge in [0.1, 0.15) is 6.10 Å². The fourth-order valence-electron chi connectivity index (χ4n) is 2.43. The summed E-state index contributed by atoms with van der Waals surface area (Å²) in [6.07, 6.45) is 0.762. The number of para-hydroxylation sites is 2. The number of hydrogen-bond donors (Lipinski definition) is 0. The van der Waals surface area contributed by atoms with Crippen LogP contribution >= 0.6 is 0 Å².